The van der Waals surface area contributed by atoms with E-state index in [0.29, 0.717) is 0 Å². The van der Waals surface area contributed by atoms with Crippen molar-refractivity contribution in [2.24, 2.45) is 0 Å². The topological polar surface area (TPSA) is 86.7 Å². The van der Waals surface area contributed by atoms with E-state index in [1.807, 2.05) is 0 Å². The molecule has 11 heteroatoms. The fraction of sp³-hybridized carbons (Fsp3) is 0.889. The predicted octanol–water partition coefficient (Wildman–Crippen LogP) is 5.05. The number of carboxylic acid groups (broad SMARTS) is 2. The van der Waals surface area contributed by atoms with Crippen LogP contribution in [0.5, 0.6) is 0 Å². The Morgan fingerprint density at radius 3 is 0.931 bits per heavy atom. The van der Waals surface area contributed by atoms with Gasteiger partial charge >= 0.3 is 19.5 Å². The van der Waals surface area contributed by atoms with Crippen LogP contribution in [0.3, 0.4) is 0 Å². The van der Waals surface area contributed by atoms with Crippen molar-refractivity contribution in [1.82, 2.24) is 7.42 Å². The molecule has 2 amide bonds. The van der Waals surface area contributed by atoms with Crippen molar-refractivity contribution in [2.75, 3.05) is 23.0 Å². The Balaban J connectivity index is -0.000000451. The summed E-state index contributed by atoms with van der Waals surface area (Å²) in [5.74, 6) is 3.40. The normalized spacial score (nSPS) is 9.79. The fourth-order valence-corrected chi connectivity index (χ4v) is 5.70. The fourth-order valence-electron chi connectivity index (χ4n) is 1.45. The second kappa shape index (κ2) is 26.6. The van der Waals surface area contributed by atoms with Gasteiger partial charge in [-0.2, -0.15) is 0 Å². The Kier molecular flexibility index (Phi) is 31.4. The van der Waals surface area contributed by atoms with Gasteiger partial charge < -0.3 is 19.8 Å². The molecule has 0 bridgehead atoms. The van der Waals surface area contributed by atoms with Crippen LogP contribution in [-0.2, 0) is 19.5 Å². The van der Waals surface area contributed by atoms with E-state index in [-0.39, 0.29) is 19.5 Å². The zero-order chi connectivity index (χ0) is 21.6. The molecule has 0 atom stereocenters. The van der Waals surface area contributed by atoms with Crippen molar-refractivity contribution >= 4 is 60.0 Å². The second-order valence-electron chi connectivity index (χ2n) is 5.79. The van der Waals surface area contributed by atoms with Crippen LogP contribution in [0.2, 0.25) is 0 Å². The Hall–Kier alpha value is 0.563. The van der Waals surface area contributed by atoms with Gasteiger partial charge in [-0.1, -0.05) is 53.4 Å². The molecule has 0 aliphatic rings. The molecule has 0 aliphatic heterocycles. The number of rotatable bonds is 16. The summed E-state index contributed by atoms with van der Waals surface area (Å²) < 4.78 is 2.54. The van der Waals surface area contributed by atoms with Crippen molar-refractivity contribution in [3.05, 3.63) is 0 Å². The number of carbonyl (C=O) groups is 2. The van der Waals surface area contributed by atoms with Gasteiger partial charge in [0, 0.05) is 23.0 Å². The van der Waals surface area contributed by atoms with Gasteiger partial charge in [0.2, 0.25) is 0 Å². The summed E-state index contributed by atoms with van der Waals surface area (Å²) in [4.78, 5) is 21.3. The molecule has 0 aromatic heterocycles. The van der Waals surface area contributed by atoms with E-state index in [2.05, 4.69) is 27.7 Å². The van der Waals surface area contributed by atoms with E-state index in [9.17, 15) is 19.8 Å². The van der Waals surface area contributed by atoms with Crippen LogP contribution < -0.4 is 10.2 Å². The van der Waals surface area contributed by atoms with Gasteiger partial charge in [0.25, 0.3) is 0 Å². The SMILES string of the molecule is CCCCSN(SCCCC)C(=O)[O-].CCCCSN(SCCCC)C(=O)[O-].[Zn+2]. The zero-order valence-corrected chi connectivity index (χ0v) is 24.6. The summed E-state index contributed by atoms with van der Waals surface area (Å²) in [6.45, 7) is 8.37. The number of nitrogens with zero attached hydrogens (tertiary/aromatic N) is 2. The number of hydrogen-bond acceptors (Lipinski definition) is 8. The Morgan fingerprint density at radius 2 is 0.793 bits per heavy atom. The molecule has 29 heavy (non-hydrogen) atoms. The summed E-state index contributed by atoms with van der Waals surface area (Å²) in [7, 11) is 0. The Bertz CT molecular complexity index is 332. The molecule has 0 saturated carbocycles. The Labute approximate surface area is 207 Å². The summed E-state index contributed by atoms with van der Waals surface area (Å²) in [6.07, 6.45) is 6.36. The van der Waals surface area contributed by atoms with Crippen LogP contribution in [0.4, 0.5) is 9.59 Å². The van der Waals surface area contributed by atoms with Crippen LogP contribution >= 0.6 is 47.8 Å². The van der Waals surface area contributed by atoms with E-state index in [1.54, 1.807) is 0 Å². The molecule has 0 saturated heterocycles. The first kappa shape index (κ1) is 34.2. The average Bonchev–Trinajstić information content (AvgIpc) is 2.66. The first-order chi connectivity index (χ1) is 13.4. The molecule has 0 N–H and O–H groups in total. The van der Waals surface area contributed by atoms with Crippen LogP contribution in [0.15, 0.2) is 0 Å². The van der Waals surface area contributed by atoms with E-state index in [0.717, 1.165) is 74.4 Å². The van der Waals surface area contributed by atoms with Crippen molar-refractivity contribution in [2.45, 2.75) is 79.1 Å². The number of unbranched alkanes of at least 4 members (excludes halogenated alkanes) is 4. The third kappa shape index (κ3) is 24.7. The number of hydrogen-bond donors (Lipinski definition) is 0. The molecule has 0 radical (unpaired) electrons. The van der Waals surface area contributed by atoms with Crippen molar-refractivity contribution < 1.29 is 39.3 Å². The van der Waals surface area contributed by atoms with Gasteiger partial charge in [0.05, 0.1) is 0 Å². The quantitative estimate of drug-likeness (QED) is 0.153. The maximum atomic E-state index is 10.7. The van der Waals surface area contributed by atoms with Gasteiger partial charge in [0.1, 0.15) is 0 Å². The largest absolute Gasteiger partial charge is 2.00 e. The van der Waals surface area contributed by atoms with Gasteiger partial charge in [-0.15, -0.1) is 0 Å². The standard InChI is InChI=1S/2C9H19NO2S2.Zn/c2*1-3-5-7-13-10(9(11)12)14-8-6-4-2;/h2*3-8H2,1-2H3,(H,11,12);/q;;+2/p-2. The van der Waals surface area contributed by atoms with E-state index in [1.165, 1.54) is 55.2 Å². The summed E-state index contributed by atoms with van der Waals surface area (Å²) in [5, 5.41) is 21.3. The molecular weight excluding hydrogens is 502 g/mol. The van der Waals surface area contributed by atoms with E-state index >= 15 is 0 Å². The van der Waals surface area contributed by atoms with Gasteiger partial charge in [-0.05, 0) is 73.5 Å². The first-order valence-electron chi connectivity index (χ1n) is 9.98. The molecule has 0 spiro atoms. The van der Waals surface area contributed by atoms with Crippen LogP contribution in [0.1, 0.15) is 79.1 Å². The Morgan fingerprint density at radius 1 is 0.586 bits per heavy atom. The molecule has 0 aromatic carbocycles. The molecule has 0 unspecified atom stereocenters. The maximum absolute atomic E-state index is 10.7. The number of carbonyl (C=O) groups excluding carboxylic acids is 2. The van der Waals surface area contributed by atoms with E-state index in [4.69, 9.17) is 0 Å². The molecular formula is C18H36N2O4S4Zn. The molecule has 168 valence electrons. The molecule has 0 aliphatic carbocycles. The van der Waals surface area contributed by atoms with E-state index < -0.39 is 12.2 Å². The second-order valence-corrected chi connectivity index (χ2v) is 10.4. The minimum Gasteiger partial charge on any atom is -0.529 e. The monoisotopic (exact) mass is 536 g/mol. The van der Waals surface area contributed by atoms with Crippen LogP contribution in [-0.4, -0.2) is 42.6 Å². The maximum Gasteiger partial charge on any atom is 2.00 e. The third-order valence-electron chi connectivity index (χ3n) is 3.12. The van der Waals surface area contributed by atoms with Crippen molar-refractivity contribution in [3.8, 4) is 0 Å². The van der Waals surface area contributed by atoms with Crippen LogP contribution in [0.25, 0.3) is 0 Å². The summed E-state index contributed by atoms with van der Waals surface area (Å²) in [5.41, 5.74) is 0. The predicted molar refractivity (Wildman–Crippen MR) is 124 cm³/mol. The average molecular weight is 538 g/mol. The third-order valence-corrected chi connectivity index (χ3v) is 7.81. The summed E-state index contributed by atoms with van der Waals surface area (Å²) >= 11 is 5.36. The number of amides is 2. The minimum atomic E-state index is -1.09. The first-order valence-corrected chi connectivity index (χ1v) is 13.7. The van der Waals surface area contributed by atoms with Crippen molar-refractivity contribution in [1.29, 1.82) is 0 Å². The molecule has 0 fully saturated rings. The minimum absolute atomic E-state index is 0. The molecule has 0 heterocycles. The van der Waals surface area contributed by atoms with Crippen LogP contribution in [0, 0.1) is 0 Å². The molecule has 6 nitrogen and oxygen atoms in total. The van der Waals surface area contributed by atoms with Gasteiger partial charge in [-0.3, -0.25) is 0 Å². The molecule has 0 rings (SSSR count). The zero-order valence-electron chi connectivity index (χ0n) is 18.4. The van der Waals surface area contributed by atoms with Gasteiger partial charge in [-0.25, -0.2) is 7.42 Å². The molecule has 0 aromatic rings. The van der Waals surface area contributed by atoms with Gasteiger partial charge in [0.15, 0.2) is 12.2 Å². The van der Waals surface area contributed by atoms with Crippen molar-refractivity contribution in [3.63, 3.8) is 0 Å². The smallest absolute Gasteiger partial charge is 0.529 e. The summed E-state index contributed by atoms with van der Waals surface area (Å²) in [6, 6.07) is 0.